The smallest absolute Gasteiger partial charge is 0.726 e. The van der Waals surface area contributed by atoms with E-state index >= 15 is 0 Å². The quantitative estimate of drug-likeness (QED) is 0.218. The van der Waals surface area contributed by atoms with E-state index in [9.17, 15) is 26.1 Å². The summed E-state index contributed by atoms with van der Waals surface area (Å²) in [6, 6.07) is 0. The van der Waals surface area contributed by atoms with Gasteiger partial charge in [-0.2, -0.15) is 13.2 Å². The van der Waals surface area contributed by atoms with Crippen LogP contribution >= 0.6 is 0 Å². The molecule has 80 valence electrons. The molecule has 0 aliphatic heterocycles. The monoisotopic (exact) mass is 230 g/mol. The zero-order chi connectivity index (χ0) is 10.5. The second kappa shape index (κ2) is 6.66. The molecule has 0 fully saturated rings. The van der Waals surface area contributed by atoms with Crippen molar-refractivity contribution in [1.29, 1.82) is 0 Å². The summed E-state index contributed by atoms with van der Waals surface area (Å²) in [5.74, 6) is 0. The molecule has 0 unspecified atom stereocenters. The third kappa shape index (κ3) is 14.7. The molecule has 14 heavy (non-hydrogen) atoms. The predicted molar refractivity (Wildman–Crippen MR) is 32.5 cm³/mol. The van der Waals surface area contributed by atoms with Crippen molar-refractivity contribution in [2.75, 3.05) is 19.8 Å². The fraction of sp³-hybridized carbons (Fsp3) is 1.00. The summed E-state index contributed by atoms with van der Waals surface area (Å²) in [7, 11) is -4.85. The molecule has 0 heterocycles. The first kappa shape index (κ1) is 16.6. The van der Waals surface area contributed by atoms with Crippen LogP contribution in [0.4, 0.5) is 13.2 Å². The minimum absolute atomic E-state index is 0. The Hall–Kier alpha value is 0.217. The van der Waals surface area contributed by atoms with Crippen molar-refractivity contribution in [2.45, 2.75) is 6.18 Å². The fourth-order valence-corrected chi connectivity index (χ4v) is 0.655. The number of hydrogen-bond acceptors (Lipinski definition) is 5. The third-order valence-electron chi connectivity index (χ3n) is 0.721. The van der Waals surface area contributed by atoms with E-state index in [1.807, 2.05) is 0 Å². The van der Waals surface area contributed by atoms with Crippen LogP contribution in [0.25, 0.3) is 0 Å². The molecule has 0 aliphatic rings. The molecule has 0 N–H and O–H groups in total. The molecule has 0 aromatic heterocycles. The van der Waals surface area contributed by atoms with E-state index in [1.165, 1.54) is 0 Å². The van der Waals surface area contributed by atoms with Gasteiger partial charge in [0.1, 0.15) is 6.61 Å². The summed E-state index contributed by atoms with van der Waals surface area (Å²) in [5.41, 5.74) is 0. The van der Waals surface area contributed by atoms with E-state index < -0.39 is 36.4 Å². The summed E-state index contributed by atoms with van der Waals surface area (Å²) in [4.78, 5) is 0. The van der Waals surface area contributed by atoms with Gasteiger partial charge in [-0.1, -0.05) is 0 Å². The Labute approximate surface area is 90.7 Å². The van der Waals surface area contributed by atoms with Crippen molar-refractivity contribution < 1.29 is 53.9 Å². The Morgan fingerprint density at radius 1 is 1.21 bits per heavy atom. The number of halogens is 3. The van der Waals surface area contributed by atoms with Crippen LogP contribution in [0, 0.1) is 0 Å². The van der Waals surface area contributed by atoms with Crippen molar-refractivity contribution in [3.63, 3.8) is 0 Å². The first-order chi connectivity index (χ1) is 5.71. The summed E-state index contributed by atoms with van der Waals surface area (Å²) in [6.45, 7) is -2.84. The van der Waals surface area contributed by atoms with E-state index in [0.717, 1.165) is 0 Å². The van der Waals surface area contributed by atoms with Gasteiger partial charge >= 0.3 is 25.0 Å². The van der Waals surface area contributed by atoms with E-state index in [4.69, 9.17) is 0 Å². The molecule has 0 bridgehead atoms. The first-order valence-corrected chi connectivity index (χ1v) is 4.29. The van der Waals surface area contributed by atoms with Gasteiger partial charge in [0.05, 0.1) is 13.2 Å². The van der Waals surface area contributed by atoms with Gasteiger partial charge in [-0.15, -0.1) is 0 Å². The maximum atomic E-state index is 11.4. The van der Waals surface area contributed by atoms with Crippen LogP contribution in [-0.4, -0.2) is 39.0 Å². The van der Waals surface area contributed by atoms with Crippen LogP contribution < -0.4 is 18.9 Å². The van der Waals surface area contributed by atoms with Crippen LogP contribution in [0.5, 0.6) is 0 Å². The van der Waals surface area contributed by atoms with Crippen LogP contribution in [0.3, 0.4) is 0 Å². The van der Waals surface area contributed by atoms with Crippen molar-refractivity contribution in [1.82, 2.24) is 0 Å². The van der Waals surface area contributed by atoms with Gasteiger partial charge in [-0.3, -0.25) is 4.18 Å². The van der Waals surface area contributed by atoms with Gasteiger partial charge in [0, 0.05) is 0 Å². The molecular formula is C4H6F3LiO5S. The van der Waals surface area contributed by atoms with Crippen LogP contribution in [0.15, 0.2) is 0 Å². The third-order valence-corrected chi connectivity index (χ3v) is 1.18. The molecule has 5 nitrogen and oxygen atoms in total. The SMILES string of the molecule is O=S(=O)([O-])OCCOCC(F)(F)F.[Li+]. The number of hydrogen-bond donors (Lipinski definition) is 0. The predicted octanol–water partition coefficient (Wildman–Crippen LogP) is -2.95. The molecule has 0 amide bonds. The molecule has 0 aliphatic carbocycles. The van der Waals surface area contributed by atoms with Gasteiger partial charge in [-0.25, -0.2) is 8.42 Å². The van der Waals surface area contributed by atoms with Gasteiger partial charge in [-0.05, 0) is 0 Å². The van der Waals surface area contributed by atoms with Crippen molar-refractivity contribution in [3.8, 4) is 0 Å². The second-order valence-electron chi connectivity index (χ2n) is 1.90. The number of ether oxygens (including phenoxy) is 1. The molecule has 0 aromatic rings. The van der Waals surface area contributed by atoms with Crippen molar-refractivity contribution in [2.24, 2.45) is 0 Å². The summed E-state index contributed by atoms with van der Waals surface area (Å²) in [6.07, 6.45) is -4.48. The summed E-state index contributed by atoms with van der Waals surface area (Å²) >= 11 is 0. The Bertz CT molecular complexity index is 238. The Morgan fingerprint density at radius 2 is 1.71 bits per heavy atom. The van der Waals surface area contributed by atoms with E-state index in [-0.39, 0.29) is 18.9 Å². The molecule has 0 saturated heterocycles. The maximum absolute atomic E-state index is 11.4. The summed E-state index contributed by atoms with van der Waals surface area (Å²) < 4.78 is 70.8. The summed E-state index contributed by atoms with van der Waals surface area (Å²) in [5, 5.41) is 0. The Balaban J connectivity index is 0. The molecular weight excluding hydrogens is 224 g/mol. The van der Waals surface area contributed by atoms with Gasteiger partial charge in [0.15, 0.2) is 0 Å². The molecule has 0 rings (SSSR count). The minimum Gasteiger partial charge on any atom is -0.726 e. The zero-order valence-corrected chi connectivity index (χ0v) is 8.02. The van der Waals surface area contributed by atoms with E-state index in [1.54, 1.807) is 0 Å². The van der Waals surface area contributed by atoms with Crippen molar-refractivity contribution >= 4 is 10.4 Å². The van der Waals surface area contributed by atoms with Gasteiger partial charge in [0.2, 0.25) is 10.4 Å². The van der Waals surface area contributed by atoms with Crippen LogP contribution in [0.1, 0.15) is 0 Å². The van der Waals surface area contributed by atoms with Crippen LogP contribution in [0.2, 0.25) is 0 Å². The zero-order valence-electron chi connectivity index (χ0n) is 7.20. The normalized spacial score (nSPS) is 12.3. The topological polar surface area (TPSA) is 75.7 Å². The molecule has 10 heteroatoms. The first-order valence-electron chi connectivity index (χ1n) is 2.95. The average Bonchev–Trinajstić information content (AvgIpc) is 1.81. The van der Waals surface area contributed by atoms with Crippen molar-refractivity contribution in [3.05, 3.63) is 0 Å². The van der Waals surface area contributed by atoms with E-state index in [0.29, 0.717) is 0 Å². The van der Waals surface area contributed by atoms with Gasteiger partial charge in [0.25, 0.3) is 0 Å². The molecule has 0 radical (unpaired) electrons. The second-order valence-corrected chi connectivity index (χ2v) is 2.95. The maximum Gasteiger partial charge on any atom is 1.00 e. The van der Waals surface area contributed by atoms with E-state index in [2.05, 4.69) is 8.92 Å². The van der Waals surface area contributed by atoms with Gasteiger partial charge < -0.3 is 9.29 Å². The molecule has 0 saturated carbocycles. The van der Waals surface area contributed by atoms with Crippen LogP contribution in [-0.2, 0) is 19.3 Å². The average molecular weight is 230 g/mol. The Morgan fingerprint density at radius 3 is 2.07 bits per heavy atom. The molecule has 0 spiro atoms. The molecule has 0 atom stereocenters. The number of rotatable bonds is 5. The standard InChI is InChI=1S/C4H7F3O5S.Li/c5-4(6,7)3-11-1-2-12-13(8,9)10;/h1-3H2,(H,8,9,10);/q;+1/p-1. The molecule has 0 aromatic carbocycles. The largest absolute Gasteiger partial charge is 1.00 e. The Kier molecular flexibility index (Phi) is 7.91. The minimum atomic E-state index is -4.85. The number of alkyl halides is 3. The fourth-order valence-electron chi connectivity index (χ4n) is 0.383.